The van der Waals surface area contributed by atoms with E-state index < -0.39 is 0 Å². The van der Waals surface area contributed by atoms with Crippen LogP contribution in [0.4, 0.5) is 5.69 Å². The summed E-state index contributed by atoms with van der Waals surface area (Å²) in [6.07, 6.45) is 0.761. The van der Waals surface area contributed by atoms with Gasteiger partial charge in [-0.3, -0.25) is 4.79 Å². The number of ether oxygens (including phenoxy) is 1. The molecule has 112 valence electrons. The number of anilines is 1. The maximum Gasteiger partial charge on any atom is 0.228 e. The molecule has 1 atom stereocenters. The average Bonchev–Trinajstić information content (AvgIpc) is 2.39. The molecule has 0 spiro atoms. The van der Waals surface area contributed by atoms with Crippen molar-refractivity contribution in [3.05, 3.63) is 22.7 Å². The number of carbonyl (C=O) groups excluding carboxylic acids is 1. The standard InChI is InChI=1S/C15H23ClN2O2/c1-9(2)5-11(8-17)15(19)18-13-6-10(3)12(16)7-14(13)20-4/h6-7,9,11H,5,8,17H2,1-4H3,(H,18,19). The van der Waals surface area contributed by atoms with Crippen LogP contribution in [0.15, 0.2) is 12.1 Å². The fourth-order valence-corrected chi connectivity index (χ4v) is 2.20. The Morgan fingerprint density at radius 1 is 1.45 bits per heavy atom. The lowest BCUT2D eigenvalue weighted by Crippen LogP contribution is -2.30. The number of benzene rings is 1. The summed E-state index contributed by atoms with van der Waals surface area (Å²) >= 11 is 6.05. The van der Waals surface area contributed by atoms with Gasteiger partial charge in [-0.25, -0.2) is 0 Å². The van der Waals surface area contributed by atoms with Crippen LogP contribution in [0.2, 0.25) is 5.02 Å². The minimum atomic E-state index is -0.198. The molecule has 0 aromatic heterocycles. The second-order valence-corrected chi connectivity index (χ2v) is 5.76. The summed E-state index contributed by atoms with van der Waals surface area (Å²) in [5.41, 5.74) is 7.20. The van der Waals surface area contributed by atoms with Gasteiger partial charge in [-0.05, 0) is 30.9 Å². The van der Waals surface area contributed by atoms with E-state index in [2.05, 4.69) is 19.2 Å². The van der Waals surface area contributed by atoms with Gasteiger partial charge in [0.2, 0.25) is 5.91 Å². The number of hydrogen-bond donors (Lipinski definition) is 2. The van der Waals surface area contributed by atoms with Crippen LogP contribution >= 0.6 is 11.6 Å². The average molecular weight is 299 g/mol. The molecule has 1 aromatic carbocycles. The van der Waals surface area contributed by atoms with Gasteiger partial charge in [0.05, 0.1) is 18.7 Å². The molecule has 0 bridgehead atoms. The maximum absolute atomic E-state index is 12.3. The third kappa shape index (κ3) is 4.39. The molecule has 0 heterocycles. The first kappa shape index (κ1) is 16.8. The normalized spacial score (nSPS) is 12.3. The SMILES string of the molecule is COc1cc(Cl)c(C)cc1NC(=O)C(CN)CC(C)C. The molecule has 1 unspecified atom stereocenters. The fraction of sp³-hybridized carbons (Fsp3) is 0.533. The van der Waals surface area contributed by atoms with Crippen LogP contribution in [0, 0.1) is 18.8 Å². The van der Waals surface area contributed by atoms with Gasteiger partial charge in [-0.15, -0.1) is 0 Å². The monoisotopic (exact) mass is 298 g/mol. The van der Waals surface area contributed by atoms with Crippen LogP contribution in [0.5, 0.6) is 5.75 Å². The quantitative estimate of drug-likeness (QED) is 0.847. The zero-order valence-electron chi connectivity index (χ0n) is 12.5. The van der Waals surface area contributed by atoms with Crippen molar-refractivity contribution in [1.29, 1.82) is 0 Å². The highest BCUT2D eigenvalue weighted by molar-refractivity contribution is 6.31. The largest absolute Gasteiger partial charge is 0.495 e. The van der Waals surface area contributed by atoms with Crippen molar-refractivity contribution < 1.29 is 9.53 Å². The first-order valence-corrected chi connectivity index (χ1v) is 7.11. The molecule has 0 aliphatic heterocycles. The van der Waals surface area contributed by atoms with Crippen LogP contribution in [0.3, 0.4) is 0 Å². The van der Waals surface area contributed by atoms with Gasteiger partial charge < -0.3 is 15.8 Å². The third-order valence-corrected chi connectivity index (χ3v) is 3.56. The van der Waals surface area contributed by atoms with Gasteiger partial charge in [-0.1, -0.05) is 25.4 Å². The Bertz CT molecular complexity index is 475. The van der Waals surface area contributed by atoms with Gasteiger partial charge in [0.1, 0.15) is 5.75 Å². The van der Waals surface area contributed by atoms with E-state index >= 15 is 0 Å². The van der Waals surface area contributed by atoms with E-state index in [0.717, 1.165) is 12.0 Å². The van der Waals surface area contributed by atoms with E-state index in [-0.39, 0.29) is 11.8 Å². The molecule has 1 aromatic rings. The Morgan fingerprint density at radius 3 is 2.60 bits per heavy atom. The Kier molecular flexibility index (Phi) is 6.30. The van der Waals surface area contributed by atoms with Crippen molar-refractivity contribution in [3.63, 3.8) is 0 Å². The number of methoxy groups -OCH3 is 1. The van der Waals surface area contributed by atoms with E-state index in [1.807, 2.05) is 13.0 Å². The van der Waals surface area contributed by atoms with E-state index in [1.165, 1.54) is 0 Å². The maximum atomic E-state index is 12.3. The summed E-state index contributed by atoms with van der Waals surface area (Å²) < 4.78 is 5.25. The number of aryl methyl sites for hydroxylation is 1. The van der Waals surface area contributed by atoms with E-state index in [4.69, 9.17) is 22.1 Å². The minimum Gasteiger partial charge on any atom is -0.495 e. The molecule has 0 saturated carbocycles. The zero-order valence-corrected chi connectivity index (χ0v) is 13.3. The first-order valence-electron chi connectivity index (χ1n) is 6.74. The third-order valence-electron chi connectivity index (χ3n) is 3.15. The summed E-state index contributed by atoms with van der Waals surface area (Å²) in [5, 5.41) is 3.49. The number of carbonyl (C=O) groups is 1. The predicted molar refractivity (Wildman–Crippen MR) is 83.4 cm³/mol. The van der Waals surface area contributed by atoms with Crippen molar-refractivity contribution in [1.82, 2.24) is 0 Å². The second-order valence-electron chi connectivity index (χ2n) is 5.35. The zero-order chi connectivity index (χ0) is 15.3. The van der Waals surface area contributed by atoms with Gasteiger partial charge in [0.15, 0.2) is 0 Å². The lowest BCUT2D eigenvalue weighted by Gasteiger charge is -2.18. The van der Waals surface area contributed by atoms with Crippen molar-refractivity contribution >= 4 is 23.2 Å². The summed E-state index contributed by atoms with van der Waals surface area (Å²) in [6, 6.07) is 3.51. The molecule has 0 aliphatic carbocycles. The summed E-state index contributed by atoms with van der Waals surface area (Å²) in [6.45, 7) is 6.36. The molecule has 0 aliphatic rings. The Labute approximate surface area is 125 Å². The van der Waals surface area contributed by atoms with Crippen LogP contribution in [0.1, 0.15) is 25.8 Å². The fourth-order valence-electron chi connectivity index (χ4n) is 2.04. The second kappa shape index (κ2) is 7.50. The molecule has 1 amide bonds. The molecule has 20 heavy (non-hydrogen) atoms. The van der Waals surface area contributed by atoms with Crippen molar-refractivity contribution in [2.75, 3.05) is 19.0 Å². The minimum absolute atomic E-state index is 0.0822. The van der Waals surface area contributed by atoms with E-state index in [1.54, 1.807) is 13.2 Å². The molecule has 3 N–H and O–H groups in total. The molecular weight excluding hydrogens is 276 g/mol. The number of amides is 1. The van der Waals surface area contributed by atoms with Gasteiger partial charge in [-0.2, -0.15) is 0 Å². The highest BCUT2D eigenvalue weighted by Crippen LogP contribution is 2.31. The van der Waals surface area contributed by atoms with E-state index in [0.29, 0.717) is 28.9 Å². The topological polar surface area (TPSA) is 64.3 Å². The molecule has 4 nitrogen and oxygen atoms in total. The van der Waals surface area contributed by atoms with Gasteiger partial charge >= 0.3 is 0 Å². The van der Waals surface area contributed by atoms with Crippen molar-refractivity contribution in [2.45, 2.75) is 27.2 Å². The van der Waals surface area contributed by atoms with Gasteiger partial charge in [0, 0.05) is 17.6 Å². The summed E-state index contributed by atoms with van der Waals surface area (Å²) in [7, 11) is 1.55. The molecule has 0 fully saturated rings. The van der Waals surface area contributed by atoms with E-state index in [9.17, 15) is 4.79 Å². The molecule has 0 saturated heterocycles. The Hall–Kier alpha value is -1.26. The smallest absolute Gasteiger partial charge is 0.228 e. The van der Waals surface area contributed by atoms with Crippen molar-refractivity contribution in [3.8, 4) is 5.75 Å². The molecule has 5 heteroatoms. The lowest BCUT2D eigenvalue weighted by atomic mass is 9.96. The Morgan fingerprint density at radius 2 is 2.10 bits per heavy atom. The molecule has 0 radical (unpaired) electrons. The lowest BCUT2D eigenvalue weighted by molar-refractivity contribution is -0.120. The number of halogens is 1. The number of nitrogens with one attached hydrogen (secondary N) is 1. The highest BCUT2D eigenvalue weighted by Gasteiger charge is 2.20. The van der Waals surface area contributed by atoms with Crippen LogP contribution in [-0.2, 0) is 4.79 Å². The van der Waals surface area contributed by atoms with Crippen LogP contribution in [-0.4, -0.2) is 19.6 Å². The van der Waals surface area contributed by atoms with Crippen LogP contribution < -0.4 is 15.8 Å². The summed E-state index contributed by atoms with van der Waals surface area (Å²) in [4.78, 5) is 12.3. The van der Waals surface area contributed by atoms with Crippen LogP contribution in [0.25, 0.3) is 0 Å². The van der Waals surface area contributed by atoms with Crippen molar-refractivity contribution in [2.24, 2.45) is 17.6 Å². The highest BCUT2D eigenvalue weighted by atomic mass is 35.5. The van der Waals surface area contributed by atoms with Gasteiger partial charge in [0.25, 0.3) is 0 Å². The first-order chi connectivity index (χ1) is 9.38. The molecular formula is C15H23ClN2O2. The number of rotatable bonds is 6. The molecule has 1 rings (SSSR count). The predicted octanol–water partition coefficient (Wildman–Crippen LogP) is 3.22. The number of hydrogen-bond acceptors (Lipinski definition) is 3. The summed E-state index contributed by atoms with van der Waals surface area (Å²) in [5.74, 6) is 0.689. The number of nitrogens with two attached hydrogens (primary N) is 1. The Balaban J connectivity index is 2.91.